The lowest BCUT2D eigenvalue weighted by Gasteiger charge is -2.06. The van der Waals surface area contributed by atoms with Crippen LogP contribution in [0.3, 0.4) is 0 Å². The normalized spacial score (nSPS) is 11.2. The maximum atomic E-state index is 11.7. The molecule has 0 unspecified atom stereocenters. The fourth-order valence-corrected chi connectivity index (χ4v) is 1.20. The number of aromatic amines is 1. The number of nitrogens with zero attached hydrogens (tertiary/aromatic N) is 1. The van der Waals surface area contributed by atoms with Gasteiger partial charge in [-0.3, -0.25) is 4.79 Å². The highest BCUT2D eigenvalue weighted by Crippen LogP contribution is 2.16. The van der Waals surface area contributed by atoms with Crippen LogP contribution >= 0.6 is 15.9 Å². The zero-order chi connectivity index (χ0) is 12.3. The average molecular weight is 301 g/mol. The summed E-state index contributed by atoms with van der Waals surface area (Å²) in [5.74, 6) is -1.32. The van der Waals surface area contributed by atoms with E-state index in [0.717, 1.165) is 0 Å². The third-order valence-corrected chi connectivity index (χ3v) is 1.76. The van der Waals surface area contributed by atoms with E-state index in [0.29, 0.717) is 0 Å². The van der Waals surface area contributed by atoms with Crippen LogP contribution in [0.25, 0.3) is 0 Å². The quantitative estimate of drug-likeness (QED) is 0.681. The van der Waals surface area contributed by atoms with Crippen molar-refractivity contribution in [1.29, 1.82) is 0 Å². The lowest BCUT2D eigenvalue weighted by molar-refractivity contribution is -0.161. The van der Waals surface area contributed by atoms with E-state index < -0.39 is 24.4 Å². The molecule has 0 amide bonds. The van der Waals surface area contributed by atoms with Gasteiger partial charge in [-0.15, -0.1) is 0 Å². The Morgan fingerprint density at radius 2 is 2.19 bits per heavy atom. The second-order valence-electron chi connectivity index (χ2n) is 2.60. The molecule has 16 heavy (non-hydrogen) atoms. The molecule has 0 saturated heterocycles. The highest BCUT2D eigenvalue weighted by molar-refractivity contribution is 9.10. The zero-order valence-electron chi connectivity index (χ0n) is 7.47. The number of imidazole rings is 1. The van der Waals surface area contributed by atoms with Gasteiger partial charge in [0.25, 0.3) is 0 Å². The minimum Gasteiger partial charge on any atom is -0.451 e. The van der Waals surface area contributed by atoms with Gasteiger partial charge in [0.15, 0.2) is 23.3 Å². The Labute approximate surface area is 95.1 Å². The summed E-state index contributed by atoms with van der Waals surface area (Å²) in [4.78, 5) is 27.3. The number of alkyl halides is 3. The van der Waals surface area contributed by atoms with Crippen molar-refractivity contribution in [3.8, 4) is 0 Å². The zero-order valence-corrected chi connectivity index (χ0v) is 9.05. The largest absolute Gasteiger partial charge is 0.451 e. The minimum absolute atomic E-state index is 0.0496. The number of halogens is 4. The van der Waals surface area contributed by atoms with Crippen molar-refractivity contribution < 1.29 is 27.5 Å². The van der Waals surface area contributed by atoms with Gasteiger partial charge < -0.3 is 9.72 Å². The number of carbonyl (C=O) groups excluding carboxylic acids is 2. The molecule has 0 fully saturated rings. The second kappa shape index (κ2) is 4.64. The van der Waals surface area contributed by atoms with Crippen LogP contribution in [0, 0.1) is 0 Å². The van der Waals surface area contributed by atoms with Gasteiger partial charge in [0, 0.05) is 0 Å². The van der Waals surface area contributed by atoms with Crippen molar-refractivity contribution in [2.24, 2.45) is 0 Å². The van der Waals surface area contributed by atoms with Gasteiger partial charge in [0.05, 0.1) is 0 Å². The molecule has 9 heteroatoms. The average Bonchev–Trinajstić information content (AvgIpc) is 2.55. The van der Waals surface area contributed by atoms with E-state index in [1.807, 2.05) is 0 Å². The van der Waals surface area contributed by atoms with Gasteiger partial charge in [-0.25, -0.2) is 9.78 Å². The third-order valence-electron chi connectivity index (χ3n) is 1.38. The molecule has 0 aliphatic rings. The van der Waals surface area contributed by atoms with Gasteiger partial charge in [-0.05, 0) is 15.9 Å². The number of H-pyrrole nitrogens is 1. The molecule has 1 N–H and O–H groups in total. The molecular weight excluding hydrogens is 297 g/mol. The van der Waals surface area contributed by atoms with Gasteiger partial charge in [0.2, 0.25) is 0 Å². The van der Waals surface area contributed by atoms with E-state index in [2.05, 4.69) is 30.6 Å². The first-order valence-electron chi connectivity index (χ1n) is 3.78. The summed E-state index contributed by atoms with van der Waals surface area (Å²) < 4.78 is 39.2. The van der Waals surface area contributed by atoms with Crippen molar-refractivity contribution in [3.05, 3.63) is 16.1 Å². The van der Waals surface area contributed by atoms with E-state index in [1.54, 1.807) is 0 Å². The van der Waals surface area contributed by atoms with Gasteiger partial charge in [-0.2, -0.15) is 13.2 Å². The fraction of sp³-hybridized carbons (Fsp3) is 0.286. The number of aromatic nitrogens is 2. The van der Waals surface area contributed by atoms with E-state index in [-0.39, 0.29) is 16.7 Å². The molecule has 1 aromatic rings. The van der Waals surface area contributed by atoms with Crippen molar-refractivity contribution in [1.82, 2.24) is 9.97 Å². The molecule has 5 nitrogen and oxygen atoms in total. The van der Waals surface area contributed by atoms with E-state index in [9.17, 15) is 22.8 Å². The van der Waals surface area contributed by atoms with Gasteiger partial charge in [0.1, 0.15) is 5.69 Å². The first-order chi connectivity index (χ1) is 7.33. The Balaban J connectivity index is 2.76. The number of rotatable bonds is 3. The highest BCUT2D eigenvalue weighted by atomic mass is 79.9. The van der Waals surface area contributed by atoms with Crippen molar-refractivity contribution in [2.75, 3.05) is 6.61 Å². The predicted molar refractivity (Wildman–Crippen MR) is 48.0 cm³/mol. The molecule has 1 heterocycles. The number of aldehydes is 1. The van der Waals surface area contributed by atoms with Gasteiger partial charge >= 0.3 is 12.1 Å². The molecule has 1 rings (SSSR count). The Bertz CT molecular complexity index is 415. The molecular formula is C7H4BrF3N2O3. The lowest BCUT2D eigenvalue weighted by Crippen LogP contribution is -2.21. The first-order valence-corrected chi connectivity index (χ1v) is 4.57. The molecule has 0 aliphatic heterocycles. The number of esters is 1. The summed E-state index contributed by atoms with van der Waals surface area (Å²) in [6.45, 7) is -1.73. The Kier molecular flexibility index (Phi) is 3.68. The van der Waals surface area contributed by atoms with Crippen LogP contribution < -0.4 is 0 Å². The number of nitrogens with one attached hydrogen (secondary N) is 1. The smallest absolute Gasteiger partial charge is 0.422 e. The van der Waals surface area contributed by atoms with Crippen LogP contribution in [0.5, 0.6) is 0 Å². The van der Waals surface area contributed by atoms with Crippen LogP contribution in [0.4, 0.5) is 13.2 Å². The Morgan fingerprint density at radius 1 is 1.56 bits per heavy atom. The number of hydrogen-bond acceptors (Lipinski definition) is 4. The maximum Gasteiger partial charge on any atom is 0.422 e. The molecule has 0 atom stereocenters. The predicted octanol–water partition coefficient (Wildman–Crippen LogP) is 1.70. The Hall–Kier alpha value is -1.38. The molecule has 0 aliphatic carbocycles. The highest BCUT2D eigenvalue weighted by Gasteiger charge is 2.31. The van der Waals surface area contributed by atoms with E-state index in [1.165, 1.54) is 0 Å². The number of ether oxygens (including phenoxy) is 1. The molecule has 0 aromatic carbocycles. The Morgan fingerprint density at radius 3 is 2.69 bits per heavy atom. The van der Waals surface area contributed by atoms with Crippen LogP contribution in [0.1, 0.15) is 21.0 Å². The van der Waals surface area contributed by atoms with Gasteiger partial charge in [-0.1, -0.05) is 0 Å². The molecule has 0 radical (unpaired) electrons. The molecule has 0 saturated carbocycles. The monoisotopic (exact) mass is 300 g/mol. The summed E-state index contributed by atoms with van der Waals surface area (Å²) in [6.07, 6.45) is -4.37. The molecule has 88 valence electrons. The topological polar surface area (TPSA) is 72.0 Å². The summed E-state index contributed by atoms with van der Waals surface area (Å²) in [6, 6.07) is 0. The van der Waals surface area contributed by atoms with Crippen LogP contribution in [-0.4, -0.2) is 35.0 Å². The summed E-state index contributed by atoms with van der Waals surface area (Å²) in [5, 5.41) is 0. The molecule has 0 bridgehead atoms. The number of carbonyl (C=O) groups is 2. The summed E-state index contributed by atoms with van der Waals surface area (Å²) in [7, 11) is 0. The molecule has 0 spiro atoms. The van der Waals surface area contributed by atoms with Crippen molar-refractivity contribution in [2.45, 2.75) is 6.18 Å². The first kappa shape index (κ1) is 12.7. The summed E-state index contributed by atoms with van der Waals surface area (Å²) >= 11 is 2.83. The summed E-state index contributed by atoms with van der Waals surface area (Å²) in [5.41, 5.74) is -0.745. The lowest BCUT2D eigenvalue weighted by atomic mass is 10.3. The fourth-order valence-electron chi connectivity index (χ4n) is 0.813. The standard InChI is InChI=1S/C7H4BrF3N2O3/c8-6-12-3(1-14)4(13-6)5(15)16-2-7(9,10)11/h1H,2H2,(H,12,13). The van der Waals surface area contributed by atoms with Crippen molar-refractivity contribution >= 4 is 28.2 Å². The minimum atomic E-state index is -4.62. The molecule has 1 aromatic heterocycles. The van der Waals surface area contributed by atoms with Crippen molar-refractivity contribution in [3.63, 3.8) is 0 Å². The van der Waals surface area contributed by atoms with Crippen LogP contribution in [0.2, 0.25) is 0 Å². The third kappa shape index (κ3) is 3.33. The van der Waals surface area contributed by atoms with Crippen LogP contribution in [-0.2, 0) is 4.74 Å². The van der Waals surface area contributed by atoms with E-state index in [4.69, 9.17) is 0 Å². The second-order valence-corrected chi connectivity index (χ2v) is 3.35. The SMILES string of the molecule is O=Cc1[nH]c(Br)nc1C(=O)OCC(F)(F)F. The number of hydrogen-bond donors (Lipinski definition) is 1. The van der Waals surface area contributed by atoms with E-state index >= 15 is 0 Å². The maximum absolute atomic E-state index is 11.7. The van der Waals surface area contributed by atoms with Crippen LogP contribution in [0.15, 0.2) is 4.73 Å².